The first-order chi connectivity index (χ1) is 14.1. The molecule has 3 N–H and O–H groups in total. The molecule has 0 saturated heterocycles. The number of hydrogen-bond acceptors (Lipinski definition) is 6. The van der Waals surface area contributed by atoms with Gasteiger partial charge in [0.1, 0.15) is 6.04 Å². The molecule has 1 aromatic carbocycles. The summed E-state index contributed by atoms with van der Waals surface area (Å²) in [5, 5.41) is 5.00. The van der Waals surface area contributed by atoms with Crippen molar-refractivity contribution in [2.45, 2.75) is 56.5 Å². The van der Waals surface area contributed by atoms with Crippen LogP contribution in [0, 0.1) is 5.92 Å². The molecule has 1 atom stereocenters. The normalized spacial score (nSPS) is 15.6. The van der Waals surface area contributed by atoms with E-state index in [1.54, 1.807) is 13.8 Å². The molecule has 1 aromatic rings. The Balaban J connectivity index is 1.90. The van der Waals surface area contributed by atoms with Crippen molar-refractivity contribution in [2.75, 3.05) is 6.61 Å². The number of benzene rings is 1. The largest absolute Gasteiger partial charge is 0.454 e. The summed E-state index contributed by atoms with van der Waals surface area (Å²) in [6.07, 6.45) is 3.77. The molecule has 11 heteroatoms. The Morgan fingerprint density at radius 2 is 1.87 bits per heavy atom. The lowest BCUT2D eigenvalue weighted by atomic mass is 10.1. The summed E-state index contributed by atoms with van der Waals surface area (Å²) in [4.78, 5) is 35.9. The number of rotatable bonds is 8. The molecule has 9 nitrogen and oxygen atoms in total. The Labute approximate surface area is 180 Å². The number of amides is 3. The molecule has 1 saturated carbocycles. The van der Waals surface area contributed by atoms with Crippen molar-refractivity contribution in [3.05, 3.63) is 29.3 Å². The van der Waals surface area contributed by atoms with Gasteiger partial charge in [0, 0.05) is 11.1 Å². The molecule has 30 heavy (non-hydrogen) atoms. The minimum atomic E-state index is -4.04. The van der Waals surface area contributed by atoms with Gasteiger partial charge in [-0.3, -0.25) is 14.9 Å². The van der Waals surface area contributed by atoms with E-state index in [9.17, 15) is 22.8 Å². The van der Waals surface area contributed by atoms with Crippen molar-refractivity contribution in [3.63, 3.8) is 0 Å². The van der Waals surface area contributed by atoms with Crippen molar-refractivity contribution >= 4 is 39.5 Å². The highest BCUT2D eigenvalue weighted by molar-refractivity contribution is 7.89. The maximum Gasteiger partial charge on any atom is 0.324 e. The summed E-state index contributed by atoms with van der Waals surface area (Å²) < 4.78 is 32.3. The Morgan fingerprint density at radius 3 is 2.47 bits per heavy atom. The van der Waals surface area contributed by atoms with Gasteiger partial charge >= 0.3 is 12.0 Å². The zero-order valence-electron chi connectivity index (χ0n) is 16.8. The average Bonchev–Trinajstić information content (AvgIpc) is 3.16. The molecule has 0 aliphatic heterocycles. The number of ether oxygens (including phenoxy) is 1. The van der Waals surface area contributed by atoms with E-state index in [1.807, 2.05) is 0 Å². The lowest BCUT2D eigenvalue weighted by molar-refractivity contribution is -0.150. The predicted molar refractivity (Wildman–Crippen MR) is 110 cm³/mol. The third kappa shape index (κ3) is 7.26. The van der Waals surface area contributed by atoms with Crippen LogP contribution in [0.2, 0.25) is 5.02 Å². The fourth-order valence-electron chi connectivity index (χ4n) is 3.01. The first-order valence-electron chi connectivity index (χ1n) is 9.63. The van der Waals surface area contributed by atoms with Crippen LogP contribution in [0.3, 0.4) is 0 Å². The number of halogens is 1. The number of carbonyl (C=O) groups is 3. The minimum absolute atomic E-state index is 0.0339. The number of urea groups is 1. The molecule has 0 bridgehead atoms. The third-order valence-electron chi connectivity index (χ3n) is 4.60. The topological polar surface area (TPSA) is 131 Å². The van der Waals surface area contributed by atoms with Gasteiger partial charge in [-0.25, -0.2) is 13.2 Å². The fraction of sp³-hybridized carbons (Fsp3) is 0.526. The molecule has 166 valence electrons. The van der Waals surface area contributed by atoms with E-state index in [1.165, 1.54) is 24.3 Å². The van der Waals surface area contributed by atoms with E-state index < -0.39 is 46.5 Å². The smallest absolute Gasteiger partial charge is 0.324 e. The molecular formula is C19H26ClN3O6S. The highest BCUT2D eigenvalue weighted by atomic mass is 35.5. The summed E-state index contributed by atoms with van der Waals surface area (Å²) in [7, 11) is -4.04. The summed E-state index contributed by atoms with van der Waals surface area (Å²) >= 11 is 5.83. The predicted octanol–water partition coefficient (Wildman–Crippen LogP) is 1.95. The summed E-state index contributed by atoms with van der Waals surface area (Å²) in [6.45, 7) is 2.54. The molecule has 0 radical (unpaired) electrons. The highest BCUT2D eigenvalue weighted by Crippen LogP contribution is 2.18. The zero-order chi connectivity index (χ0) is 22.3. The van der Waals surface area contributed by atoms with Crippen LogP contribution in [0.1, 0.15) is 39.5 Å². The van der Waals surface area contributed by atoms with Gasteiger partial charge in [-0.05, 0) is 37.0 Å². The Bertz CT molecular complexity index is 884. The lowest BCUT2D eigenvalue weighted by Crippen LogP contribution is -2.47. The molecule has 1 aliphatic carbocycles. The van der Waals surface area contributed by atoms with Gasteiger partial charge in [0.2, 0.25) is 10.0 Å². The summed E-state index contributed by atoms with van der Waals surface area (Å²) in [5.41, 5.74) is 0. The van der Waals surface area contributed by atoms with Gasteiger partial charge in [-0.1, -0.05) is 44.4 Å². The average molecular weight is 460 g/mol. The monoisotopic (exact) mass is 459 g/mol. The van der Waals surface area contributed by atoms with Crippen LogP contribution >= 0.6 is 11.6 Å². The van der Waals surface area contributed by atoms with E-state index in [4.69, 9.17) is 16.3 Å². The number of imide groups is 1. The second kappa shape index (κ2) is 10.7. The standard InChI is InChI=1S/C19H26ClN3O6S/c1-12(2)17(23-30(27,28)15-9-5-6-13(20)10-15)18(25)29-11-16(24)22-19(26)21-14-7-3-4-8-14/h5-6,9-10,12,14,17,23H,3-4,7-8,11H2,1-2H3,(H2,21,22,24,26). The minimum Gasteiger partial charge on any atom is -0.454 e. The summed E-state index contributed by atoms with van der Waals surface area (Å²) in [6, 6.07) is 3.75. The Hall–Kier alpha value is -2.17. The van der Waals surface area contributed by atoms with Crippen LogP contribution in [0.15, 0.2) is 29.2 Å². The molecular weight excluding hydrogens is 434 g/mol. The Morgan fingerprint density at radius 1 is 1.20 bits per heavy atom. The van der Waals surface area contributed by atoms with Gasteiger partial charge in [-0.2, -0.15) is 4.72 Å². The number of esters is 1. The second-order valence-electron chi connectivity index (χ2n) is 7.41. The van der Waals surface area contributed by atoms with Gasteiger partial charge in [0.15, 0.2) is 6.61 Å². The number of sulfonamides is 1. The SMILES string of the molecule is CC(C)C(NS(=O)(=O)c1cccc(Cl)c1)C(=O)OCC(=O)NC(=O)NC1CCCC1. The molecule has 0 heterocycles. The first-order valence-corrected chi connectivity index (χ1v) is 11.5. The maximum atomic E-state index is 12.5. The van der Waals surface area contributed by atoms with Crippen molar-refractivity contribution in [3.8, 4) is 0 Å². The Kier molecular flexibility index (Phi) is 8.63. The molecule has 2 rings (SSSR count). The fourth-order valence-corrected chi connectivity index (χ4v) is 4.64. The van der Waals surface area contributed by atoms with Gasteiger partial charge < -0.3 is 10.1 Å². The van der Waals surface area contributed by atoms with E-state index in [0.717, 1.165) is 25.7 Å². The van der Waals surface area contributed by atoms with E-state index in [-0.39, 0.29) is 16.0 Å². The van der Waals surface area contributed by atoms with Gasteiger partial charge in [0.25, 0.3) is 5.91 Å². The van der Waals surface area contributed by atoms with Crippen molar-refractivity contribution in [1.82, 2.24) is 15.4 Å². The molecule has 1 aliphatic rings. The van der Waals surface area contributed by atoms with Crippen LogP contribution < -0.4 is 15.4 Å². The molecule has 0 aromatic heterocycles. The van der Waals surface area contributed by atoms with E-state index in [2.05, 4.69) is 15.4 Å². The molecule has 1 fully saturated rings. The molecule has 1 unspecified atom stereocenters. The van der Waals surface area contributed by atoms with E-state index in [0.29, 0.717) is 0 Å². The number of nitrogens with one attached hydrogen (secondary N) is 3. The quantitative estimate of drug-likeness (QED) is 0.509. The van der Waals surface area contributed by atoms with E-state index >= 15 is 0 Å². The number of carbonyl (C=O) groups excluding carboxylic acids is 3. The molecule has 0 spiro atoms. The van der Waals surface area contributed by atoms with Crippen LogP contribution in [-0.2, 0) is 24.3 Å². The first kappa shape index (κ1) is 24.1. The van der Waals surface area contributed by atoms with Crippen molar-refractivity contribution in [2.24, 2.45) is 5.92 Å². The second-order valence-corrected chi connectivity index (χ2v) is 9.56. The van der Waals surface area contributed by atoms with Crippen LogP contribution in [0.4, 0.5) is 4.79 Å². The lowest BCUT2D eigenvalue weighted by Gasteiger charge is -2.21. The maximum absolute atomic E-state index is 12.5. The van der Waals surface area contributed by atoms with Crippen LogP contribution in [0.5, 0.6) is 0 Å². The highest BCUT2D eigenvalue weighted by Gasteiger charge is 2.30. The third-order valence-corrected chi connectivity index (χ3v) is 6.27. The van der Waals surface area contributed by atoms with Gasteiger partial charge in [0.05, 0.1) is 4.90 Å². The van der Waals surface area contributed by atoms with Gasteiger partial charge in [-0.15, -0.1) is 0 Å². The van der Waals surface area contributed by atoms with Crippen molar-refractivity contribution < 1.29 is 27.5 Å². The molecule has 3 amide bonds. The van der Waals surface area contributed by atoms with Crippen molar-refractivity contribution in [1.29, 1.82) is 0 Å². The zero-order valence-corrected chi connectivity index (χ0v) is 18.4. The summed E-state index contributed by atoms with van der Waals surface area (Å²) in [5.74, 6) is -2.19. The van der Waals surface area contributed by atoms with Crippen LogP contribution in [0.25, 0.3) is 0 Å². The number of hydrogen-bond donors (Lipinski definition) is 3. The van der Waals surface area contributed by atoms with Crippen LogP contribution in [-0.4, -0.2) is 45.0 Å².